The second-order valence-corrected chi connectivity index (χ2v) is 11.0. The van der Waals surface area contributed by atoms with Gasteiger partial charge in [0.1, 0.15) is 28.9 Å². The van der Waals surface area contributed by atoms with Gasteiger partial charge in [0, 0.05) is 7.11 Å². The maximum Gasteiger partial charge on any atom is 0.196 e. The molecule has 0 aliphatic heterocycles. The van der Waals surface area contributed by atoms with Crippen LogP contribution in [0.3, 0.4) is 0 Å². The van der Waals surface area contributed by atoms with Gasteiger partial charge in [-0.15, -0.1) is 0 Å². The summed E-state index contributed by atoms with van der Waals surface area (Å²) in [7, 11) is -0.265. The van der Waals surface area contributed by atoms with Gasteiger partial charge in [-0.1, -0.05) is 66.7 Å². The molecule has 0 aliphatic rings. The largest absolute Gasteiger partial charge is 1.00 e. The van der Waals surface area contributed by atoms with Crippen LogP contribution in [0.1, 0.15) is 12.5 Å². The van der Waals surface area contributed by atoms with Gasteiger partial charge in [0.2, 0.25) is 0 Å². The minimum absolute atomic E-state index is 0. The van der Waals surface area contributed by atoms with E-state index in [0.29, 0.717) is 0 Å². The van der Waals surface area contributed by atoms with Gasteiger partial charge in [-0.25, -0.2) is 0 Å². The van der Waals surface area contributed by atoms with E-state index in [1.54, 1.807) is 7.11 Å². The Bertz CT molecular complexity index is 991. The first kappa shape index (κ1) is 24.2. The minimum atomic E-state index is -1.92. The summed E-state index contributed by atoms with van der Waals surface area (Å²) in [6.45, 7) is 1.90. The molecule has 0 saturated heterocycles. The van der Waals surface area contributed by atoms with Crippen molar-refractivity contribution in [3.63, 3.8) is 0 Å². The molecule has 1 unspecified atom stereocenters. The van der Waals surface area contributed by atoms with Crippen LogP contribution < -0.4 is 37.6 Å². The molecule has 1 atom stereocenters. The lowest BCUT2D eigenvalue weighted by molar-refractivity contribution is -0.0383. The van der Waals surface area contributed by atoms with Crippen molar-refractivity contribution in [1.82, 2.24) is 0 Å². The number of halogens is 1. The Morgan fingerprint density at radius 2 is 1.12 bits per heavy atom. The molecule has 0 N–H and O–H groups in total. The van der Waals surface area contributed by atoms with Gasteiger partial charge in [-0.3, -0.25) is 0 Å². The topological polar surface area (TPSA) is 18.5 Å². The molecular weight excluding hydrogens is 479 g/mol. The number of rotatable bonds is 8. The van der Waals surface area contributed by atoms with Crippen molar-refractivity contribution in [2.45, 2.75) is 19.4 Å². The summed E-state index contributed by atoms with van der Waals surface area (Å²) in [6, 6.07) is 41.3. The number of ether oxygens (including phenoxy) is 2. The lowest BCUT2D eigenvalue weighted by Crippen LogP contribution is -3.00. The van der Waals surface area contributed by atoms with E-state index in [1.165, 1.54) is 21.5 Å². The monoisotopic (exact) mass is 506 g/mol. The summed E-state index contributed by atoms with van der Waals surface area (Å²) < 4.78 is 11.2. The fraction of sp³-hybridized carbons (Fsp3) is 0.143. The lowest BCUT2D eigenvalue weighted by atomic mass is 10.2. The van der Waals surface area contributed by atoms with E-state index < -0.39 is 7.26 Å². The molecule has 164 valence electrons. The first-order valence-electron chi connectivity index (χ1n) is 10.6. The number of benzene rings is 4. The van der Waals surface area contributed by atoms with E-state index in [4.69, 9.17) is 9.47 Å². The predicted molar refractivity (Wildman–Crippen MR) is 132 cm³/mol. The summed E-state index contributed by atoms with van der Waals surface area (Å²) in [6.07, 6.45) is 0.635. The third-order valence-corrected chi connectivity index (χ3v) is 9.92. The average Bonchev–Trinajstić information content (AvgIpc) is 2.84. The molecule has 32 heavy (non-hydrogen) atoms. The summed E-state index contributed by atoms with van der Waals surface area (Å²) in [5.41, 5.74) is 1.26. The summed E-state index contributed by atoms with van der Waals surface area (Å²) in [5.74, 6) is 0.833. The van der Waals surface area contributed by atoms with E-state index in [1.807, 2.05) is 13.0 Å². The van der Waals surface area contributed by atoms with Crippen molar-refractivity contribution in [3.05, 3.63) is 121 Å². The molecule has 0 saturated carbocycles. The highest BCUT2D eigenvalue weighted by Gasteiger charge is 2.45. The maximum atomic E-state index is 5.93. The molecule has 4 rings (SSSR count). The Balaban J connectivity index is 0.00000289. The fourth-order valence-corrected chi connectivity index (χ4v) is 8.23. The van der Waals surface area contributed by atoms with Crippen molar-refractivity contribution >= 4 is 23.2 Å². The van der Waals surface area contributed by atoms with Crippen LogP contribution in [0.25, 0.3) is 0 Å². The third kappa shape index (κ3) is 5.30. The summed E-state index contributed by atoms with van der Waals surface area (Å²) >= 11 is 0. The molecule has 0 bridgehead atoms. The fourth-order valence-electron chi connectivity index (χ4n) is 4.00. The van der Waals surface area contributed by atoms with Crippen LogP contribution in [0.15, 0.2) is 115 Å². The predicted octanol–water partition coefficient (Wildman–Crippen LogP) is 2.56. The molecule has 0 fully saturated rings. The Morgan fingerprint density at radius 1 is 0.656 bits per heavy atom. The number of methoxy groups -OCH3 is 1. The van der Waals surface area contributed by atoms with Crippen LogP contribution in [0.2, 0.25) is 0 Å². The van der Waals surface area contributed by atoms with E-state index in [0.717, 1.165) is 11.9 Å². The third-order valence-electron chi connectivity index (χ3n) is 5.54. The summed E-state index contributed by atoms with van der Waals surface area (Å²) in [4.78, 5) is 0. The normalized spacial score (nSPS) is 11.9. The first-order valence-corrected chi connectivity index (χ1v) is 12.5. The van der Waals surface area contributed by atoms with Crippen molar-refractivity contribution in [2.24, 2.45) is 0 Å². The molecule has 4 aromatic rings. The van der Waals surface area contributed by atoms with Gasteiger partial charge >= 0.3 is 0 Å². The highest BCUT2D eigenvalue weighted by Crippen LogP contribution is 2.58. The molecule has 0 spiro atoms. The zero-order valence-electron chi connectivity index (χ0n) is 18.4. The Kier molecular flexibility index (Phi) is 8.64. The van der Waals surface area contributed by atoms with E-state index in [-0.39, 0.29) is 23.3 Å². The number of hydrogen-bond donors (Lipinski definition) is 0. The molecular formula is C28H28BrO2P. The molecule has 0 radical (unpaired) electrons. The highest BCUT2D eigenvalue weighted by molar-refractivity contribution is 7.95. The van der Waals surface area contributed by atoms with Gasteiger partial charge in [-0.2, -0.15) is 0 Å². The molecule has 0 heterocycles. The summed E-state index contributed by atoms with van der Waals surface area (Å²) in [5, 5.41) is 4.14. The SMILES string of the molecule is COC(C)Oc1cccc(C[P+](c2ccccc2)(c2ccccc2)c2ccccc2)c1.[Br-]. The van der Waals surface area contributed by atoms with E-state index >= 15 is 0 Å². The average molecular weight is 507 g/mol. The Hall–Kier alpha value is -2.45. The van der Waals surface area contributed by atoms with Gasteiger partial charge in [-0.05, 0) is 61.0 Å². The van der Waals surface area contributed by atoms with E-state index in [9.17, 15) is 0 Å². The Labute approximate surface area is 202 Å². The van der Waals surface area contributed by atoms with Crippen LogP contribution in [-0.2, 0) is 10.9 Å². The van der Waals surface area contributed by atoms with Crippen LogP contribution in [0, 0.1) is 0 Å². The van der Waals surface area contributed by atoms with Crippen LogP contribution in [0.4, 0.5) is 0 Å². The lowest BCUT2D eigenvalue weighted by Gasteiger charge is -2.28. The highest BCUT2D eigenvalue weighted by atomic mass is 79.9. The van der Waals surface area contributed by atoms with Crippen molar-refractivity contribution < 1.29 is 26.5 Å². The second kappa shape index (κ2) is 11.4. The molecule has 0 amide bonds. The second-order valence-electron chi connectivity index (χ2n) is 7.54. The molecule has 2 nitrogen and oxygen atoms in total. The minimum Gasteiger partial charge on any atom is -1.00 e. The zero-order chi connectivity index (χ0) is 21.5. The van der Waals surface area contributed by atoms with Crippen LogP contribution >= 0.6 is 7.26 Å². The van der Waals surface area contributed by atoms with Crippen LogP contribution in [-0.4, -0.2) is 13.4 Å². The standard InChI is InChI=1S/C28H28O2P.BrH/c1-23(29-2)30-25-14-12-13-24(21-25)22-31(26-15-6-3-7-16-26,27-17-8-4-9-18-27)28-19-10-5-11-20-28;/h3-21,23H,22H2,1-2H3;1H/q+1;/p-1. The molecule has 0 aliphatic carbocycles. The molecule has 4 aromatic carbocycles. The van der Waals surface area contributed by atoms with Gasteiger partial charge < -0.3 is 26.5 Å². The van der Waals surface area contributed by atoms with Crippen molar-refractivity contribution in [1.29, 1.82) is 0 Å². The van der Waals surface area contributed by atoms with Crippen molar-refractivity contribution in [3.8, 4) is 5.75 Å². The smallest absolute Gasteiger partial charge is 0.196 e. The first-order chi connectivity index (χ1) is 15.2. The number of hydrogen-bond acceptors (Lipinski definition) is 2. The van der Waals surface area contributed by atoms with Crippen LogP contribution in [0.5, 0.6) is 5.75 Å². The van der Waals surface area contributed by atoms with Gasteiger partial charge in [0.25, 0.3) is 0 Å². The molecule has 0 aromatic heterocycles. The Morgan fingerprint density at radius 3 is 1.56 bits per heavy atom. The quantitative estimate of drug-likeness (QED) is 0.270. The maximum absolute atomic E-state index is 5.93. The zero-order valence-corrected chi connectivity index (χ0v) is 20.9. The van der Waals surface area contributed by atoms with Gasteiger partial charge in [0.15, 0.2) is 6.29 Å². The molecule has 4 heteroatoms. The van der Waals surface area contributed by atoms with E-state index in [2.05, 4.69) is 109 Å². The van der Waals surface area contributed by atoms with Gasteiger partial charge in [0.05, 0.1) is 6.16 Å². The van der Waals surface area contributed by atoms with Crippen molar-refractivity contribution in [2.75, 3.05) is 7.11 Å².